The summed E-state index contributed by atoms with van der Waals surface area (Å²) in [5.74, 6) is 1.09. The minimum atomic E-state index is 0.205. The van der Waals surface area contributed by atoms with E-state index in [0.717, 1.165) is 25.3 Å². The number of likely N-dealkylation sites (tertiary alicyclic amines) is 1. The van der Waals surface area contributed by atoms with Gasteiger partial charge in [0.25, 0.3) is 0 Å². The summed E-state index contributed by atoms with van der Waals surface area (Å²) < 4.78 is 5.17. The maximum absolute atomic E-state index is 11.5. The maximum Gasteiger partial charge on any atom is 0.219 e. The topological polar surface area (TPSA) is 32.8 Å². The third-order valence-corrected chi connectivity index (χ3v) is 4.05. The van der Waals surface area contributed by atoms with E-state index in [1.807, 2.05) is 17.0 Å². The van der Waals surface area contributed by atoms with Crippen LogP contribution in [0, 0.1) is 0 Å². The molecule has 1 aromatic rings. The quantitative estimate of drug-likeness (QED) is 0.793. The van der Waals surface area contributed by atoms with Crippen molar-refractivity contribution in [2.24, 2.45) is 0 Å². The lowest BCUT2D eigenvalue weighted by atomic mass is 10.2. The van der Waals surface area contributed by atoms with Crippen molar-refractivity contribution in [3.8, 4) is 5.75 Å². The van der Waals surface area contributed by atoms with Gasteiger partial charge in [0.1, 0.15) is 5.75 Å². The predicted molar refractivity (Wildman–Crippen MR) is 69.9 cm³/mol. The largest absolute Gasteiger partial charge is 0.497 e. The van der Waals surface area contributed by atoms with Gasteiger partial charge in [-0.3, -0.25) is 4.79 Å². The second-order valence-electron chi connectivity index (χ2n) is 5.07. The van der Waals surface area contributed by atoms with Crippen molar-refractivity contribution in [1.29, 1.82) is 0 Å². The first kappa shape index (κ1) is 11.4. The van der Waals surface area contributed by atoms with E-state index in [2.05, 4.69) is 17.0 Å². The number of amides is 1. The summed E-state index contributed by atoms with van der Waals surface area (Å²) in [5.41, 5.74) is 1.23. The molecule has 0 unspecified atom stereocenters. The number of benzene rings is 1. The Labute approximate surface area is 107 Å². The molecule has 2 bridgehead atoms. The molecule has 0 aliphatic carbocycles. The Morgan fingerprint density at radius 1 is 1.22 bits per heavy atom. The lowest BCUT2D eigenvalue weighted by Gasteiger charge is -2.35. The standard InChI is InChI=1S/C14H18N2O2/c1-10(17)15-8-13-7-12(15)9-16(13)11-3-5-14(18-2)6-4-11/h3-6,12-13H,7-9H2,1-2H3/t12-,13-/m0/s1. The first-order valence-electron chi connectivity index (χ1n) is 6.37. The highest BCUT2D eigenvalue weighted by molar-refractivity contribution is 5.75. The van der Waals surface area contributed by atoms with Gasteiger partial charge in [0.05, 0.1) is 13.2 Å². The van der Waals surface area contributed by atoms with Crippen LogP contribution in [0.25, 0.3) is 0 Å². The van der Waals surface area contributed by atoms with Crippen molar-refractivity contribution in [3.05, 3.63) is 24.3 Å². The average molecular weight is 246 g/mol. The molecule has 0 aromatic heterocycles. The summed E-state index contributed by atoms with van der Waals surface area (Å²) in [7, 11) is 1.68. The molecule has 1 aromatic carbocycles. The minimum absolute atomic E-state index is 0.205. The number of hydrogen-bond donors (Lipinski definition) is 0. The van der Waals surface area contributed by atoms with Crippen molar-refractivity contribution in [3.63, 3.8) is 0 Å². The van der Waals surface area contributed by atoms with Crippen LogP contribution < -0.4 is 9.64 Å². The van der Waals surface area contributed by atoms with Crippen LogP contribution in [0.4, 0.5) is 5.69 Å². The number of fused-ring (bicyclic) bond motifs is 2. The number of carbonyl (C=O) groups is 1. The van der Waals surface area contributed by atoms with E-state index in [4.69, 9.17) is 4.74 Å². The number of piperazine rings is 1. The fraction of sp³-hybridized carbons (Fsp3) is 0.500. The number of rotatable bonds is 2. The van der Waals surface area contributed by atoms with Crippen LogP contribution in [-0.2, 0) is 4.79 Å². The zero-order chi connectivity index (χ0) is 12.7. The van der Waals surface area contributed by atoms with Crippen LogP contribution >= 0.6 is 0 Å². The summed E-state index contributed by atoms with van der Waals surface area (Å²) in [6, 6.07) is 9.05. The number of carbonyl (C=O) groups excluding carboxylic acids is 1. The van der Waals surface area contributed by atoms with Crippen molar-refractivity contribution in [1.82, 2.24) is 4.90 Å². The van der Waals surface area contributed by atoms with Gasteiger partial charge < -0.3 is 14.5 Å². The molecule has 0 saturated carbocycles. The zero-order valence-electron chi connectivity index (χ0n) is 10.8. The molecule has 2 aliphatic rings. The summed E-state index contributed by atoms with van der Waals surface area (Å²) >= 11 is 0. The molecule has 2 atom stereocenters. The van der Waals surface area contributed by atoms with Crippen LogP contribution in [0.5, 0.6) is 5.75 Å². The fourth-order valence-electron chi connectivity index (χ4n) is 3.14. The minimum Gasteiger partial charge on any atom is -0.497 e. The lowest BCUT2D eigenvalue weighted by molar-refractivity contribution is -0.129. The average Bonchev–Trinajstić information content (AvgIpc) is 2.98. The second-order valence-corrected chi connectivity index (χ2v) is 5.07. The van der Waals surface area contributed by atoms with E-state index in [1.165, 1.54) is 5.69 Å². The molecule has 18 heavy (non-hydrogen) atoms. The highest BCUT2D eigenvalue weighted by Crippen LogP contribution is 2.35. The van der Waals surface area contributed by atoms with E-state index < -0.39 is 0 Å². The number of hydrogen-bond acceptors (Lipinski definition) is 3. The third kappa shape index (κ3) is 1.72. The molecule has 2 saturated heterocycles. The Morgan fingerprint density at radius 2 is 1.94 bits per heavy atom. The molecule has 1 amide bonds. The molecule has 2 fully saturated rings. The molecule has 0 spiro atoms. The van der Waals surface area contributed by atoms with E-state index in [1.54, 1.807) is 14.0 Å². The Hall–Kier alpha value is -1.71. The third-order valence-electron chi connectivity index (χ3n) is 4.05. The molecule has 96 valence electrons. The normalized spacial score (nSPS) is 25.7. The Balaban J connectivity index is 1.75. The molecule has 4 nitrogen and oxygen atoms in total. The highest BCUT2D eigenvalue weighted by Gasteiger charge is 2.44. The molecule has 2 aliphatic heterocycles. The van der Waals surface area contributed by atoms with Gasteiger partial charge in [-0.05, 0) is 30.7 Å². The molecule has 0 N–H and O–H groups in total. The lowest BCUT2D eigenvalue weighted by Crippen LogP contribution is -2.48. The fourth-order valence-corrected chi connectivity index (χ4v) is 3.14. The molecular weight excluding hydrogens is 228 g/mol. The van der Waals surface area contributed by atoms with Gasteiger partial charge >= 0.3 is 0 Å². The van der Waals surface area contributed by atoms with Gasteiger partial charge in [0.2, 0.25) is 5.91 Å². The molecule has 0 radical (unpaired) electrons. The monoisotopic (exact) mass is 246 g/mol. The number of anilines is 1. The highest BCUT2D eigenvalue weighted by atomic mass is 16.5. The van der Waals surface area contributed by atoms with Crippen LogP contribution in [0.3, 0.4) is 0 Å². The van der Waals surface area contributed by atoms with Gasteiger partial charge in [-0.1, -0.05) is 0 Å². The van der Waals surface area contributed by atoms with Gasteiger partial charge in [-0.2, -0.15) is 0 Å². The Morgan fingerprint density at radius 3 is 2.44 bits per heavy atom. The summed E-state index contributed by atoms with van der Waals surface area (Å²) in [6.45, 7) is 3.49. The summed E-state index contributed by atoms with van der Waals surface area (Å²) in [6.07, 6.45) is 1.10. The Kier molecular flexibility index (Phi) is 2.65. The second kappa shape index (κ2) is 4.19. The SMILES string of the molecule is COc1ccc(N2C[C@@H]3C[C@H]2CN3C(C)=O)cc1. The summed E-state index contributed by atoms with van der Waals surface area (Å²) in [4.78, 5) is 15.9. The van der Waals surface area contributed by atoms with E-state index in [-0.39, 0.29) is 5.91 Å². The smallest absolute Gasteiger partial charge is 0.219 e. The number of ether oxygens (including phenoxy) is 1. The van der Waals surface area contributed by atoms with Crippen molar-refractivity contribution >= 4 is 11.6 Å². The van der Waals surface area contributed by atoms with E-state index >= 15 is 0 Å². The van der Waals surface area contributed by atoms with Gasteiger partial charge in [-0.15, -0.1) is 0 Å². The van der Waals surface area contributed by atoms with Crippen LogP contribution in [0.1, 0.15) is 13.3 Å². The summed E-state index contributed by atoms with van der Waals surface area (Å²) in [5, 5.41) is 0. The van der Waals surface area contributed by atoms with Crippen LogP contribution in [0.15, 0.2) is 24.3 Å². The van der Waals surface area contributed by atoms with Crippen molar-refractivity contribution < 1.29 is 9.53 Å². The van der Waals surface area contributed by atoms with Crippen LogP contribution in [-0.4, -0.2) is 43.1 Å². The zero-order valence-corrected chi connectivity index (χ0v) is 10.8. The number of methoxy groups -OCH3 is 1. The molecule has 2 heterocycles. The van der Waals surface area contributed by atoms with Crippen LogP contribution in [0.2, 0.25) is 0 Å². The van der Waals surface area contributed by atoms with E-state index in [9.17, 15) is 4.79 Å². The van der Waals surface area contributed by atoms with Crippen molar-refractivity contribution in [2.75, 3.05) is 25.1 Å². The number of nitrogens with zero attached hydrogens (tertiary/aromatic N) is 2. The van der Waals surface area contributed by atoms with Gasteiger partial charge in [-0.25, -0.2) is 0 Å². The maximum atomic E-state index is 11.5. The van der Waals surface area contributed by atoms with E-state index in [0.29, 0.717) is 12.1 Å². The first-order valence-corrected chi connectivity index (χ1v) is 6.37. The molecule has 3 rings (SSSR count). The Bertz CT molecular complexity index is 457. The van der Waals surface area contributed by atoms with Gasteiger partial charge in [0, 0.05) is 31.7 Å². The predicted octanol–water partition coefficient (Wildman–Crippen LogP) is 1.50. The van der Waals surface area contributed by atoms with Gasteiger partial charge in [0.15, 0.2) is 0 Å². The first-order chi connectivity index (χ1) is 8.69. The molecule has 4 heteroatoms. The molecular formula is C14H18N2O2. The van der Waals surface area contributed by atoms with Crippen molar-refractivity contribution in [2.45, 2.75) is 25.4 Å².